The summed E-state index contributed by atoms with van der Waals surface area (Å²) in [5, 5.41) is 0. The molecule has 1 saturated carbocycles. The number of hydrogen-bond acceptors (Lipinski definition) is 0. The lowest BCUT2D eigenvalue weighted by molar-refractivity contribution is 0.199. The molecule has 0 aromatic carbocycles. The summed E-state index contributed by atoms with van der Waals surface area (Å²) in [5.74, 6) is 2.58. The van der Waals surface area contributed by atoms with Gasteiger partial charge in [-0.05, 0) is 57.3 Å². The molecule has 0 aliphatic heterocycles. The largest absolute Gasteiger partial charge is 0.0998 e. The van der Waals surface area contributed by atoms with E-state index < -0.39 is 0 Å². The minimum Gasteiger partial charge on any atom is -0.0998 e. The van der Waals surface area contributed by atoms with Crippen LogP contribution in [0.1, 0.15) is 59.8 Å². The van der Waals surface area contributed by atoms with E-state index in [2.05, 4.69) is 26.5 Å². The van der Waals surface area contributed by atoms with Gasteiger partial charge in [-0.15, -0.1) is 0 Å². The molecule has 2 aliphatic rings. The summed E-state index contributed by atoms with van der Waals surface area (Å²) in [4.78, 5) is 0. The highest BCUT2D eigenvalue weighted by atomic mass is 14.4. The van der Waals surface area contributed by atoms with Crippen LogP contribution in [0, 0.1) is 17.8 Å². The second kappa shape index (κ2) is 6.27. The maximum atomic E-state index is 4.17. The van der Waals surface area contributed by atoms with Crippen LogP contribution in [0.15, 0.2) is 23.8 Å². The van der Waals surface area contributed by atoms with Crippen LogP contribution in [0.4, 0.5) is 0 Å². The summed E-state index contributed by atoms with van der Waals surface area (Å²) >= 11 is 0. The first-order valence-corrected chi connectivity index (χ1v) is 7.01. The monoisotopic (exact) mass is 220 g/mol. The van der Waals surface area contributed by atoms with Crippen molar-refractivity contribution in [2.45, 2.75) is 59.8 Å². The third-order valence-corrected chi connectivity index (χ3v) is 4.12. The van der Waals surface area contributed by atoms with Gasteiger partial charge in [0.25, 0.3) is 0 Å². The van der Waals surface area contributed by atoms with Crippen molar-refractivity contribution in [3.63, 3.8) is 0 Å². The highest BCUT2D eigenvalue weighted by molar-refractivity contribution is 5.14. The van der Waals surface area contributed by atoms with Crippen molar-refractivity contribution in [2.75, 3.05) is 0 Å². The molecular weight excluding hydrogens is 192 g/mol. The second-order valence-electron chi connectivity index (χ2n) is 5.27. The zero-order chi connectivity index (χ0) is 12.1. The molecule has 0 aromatic rings. The Bertz CT molecular complexity index is 259. The van der Waals surface area contributed by atoms with Crippen LogP contribution in [0.5, 0.6) is 0 Å². The maximum absolute atomic E-state index is 4.17. The topological polar surface area (TPSA) is 0 Å². The Balaban J connectivity index is 0.000000606. The Morgan fingerprint density at radius 2 is 1.94 bits per heavy atom. The van der Waals surface area contributed by atoms with Gasteiger partial charge in [-0.3, -0.25) is 0 Å². The summed E-state index contributed by atoms with van der Waals surface area (Å²) < 4.78 is 0. The molecule has 0 radical (unpaired) electrons. The van der Waals surface area contributed by atoms with Crippen molar-refractivity contribution in [1.29, 1.82) is 0 Å². The molecule has 0 bridgehead atoms. The summed E-state index contributed by atoms with van der Waals surface area (Å²) in [7, 11) is 0. The van der Waals surface area contributed by atoms with E-state index in [1.165, 1.54) is 37.7 Å². The molecule has 16 heavy (non-hydrogen) atoms. The number of allylic oxidation sites excluding steroid dienone is 3. The minimum absolute atomic E-state index is 0.781. The predicted octanol–water partition coefficient (Wildman–Crippen LogP) is 5.36. The van der Waals surface area contributed by atoms with Crippen LogP contribution in [-0.2, 0) is 0 Å². The lowest BCUT2D eigenvalue weighted by Crippen LogP contribution is -2.29. The van der Waals surface area contributed by atoms with Crippen molar-refractivity contribution < 1.29 is 0 Å². The molecular formula is C16H28. The van der Waals surface area contributed by atoms with Crippen molar-refractivity contribution >= 4 is 0 Å². The van der Waals surface area contributed by atoms with Crippen LogP contribution >= 0.6 is 0 Å². The third-order valence-electron chi connectivity index (χ3n) is 4.12. The third kappa shape index (κ3) is 2.99. The van der Waals surface area contributed by atoms with E-state index in [9.17, 15) is 0 Å². The van der Waals surface area contributed by atoms with Crippen molar-refractivity contribution in [2.24, 2.45) is 17.8 Å². The normalized spacial score (nSPS) is 33.0. The Hall–Kier alpha value is -0.520. The van der Waals surface area contributed by atoms with Gasteiger partial charge < -0.3 is 0 Å². The first-order chi connectivity index (χ1) is 7.68. The molecule has 3 atom stereocenters. The van der Waals surface area contributed by atoms with E-state index in [0.717, 1.165) is 17.8 Å². The van der Waals surface area contributed by atoms with E-state index in [0.29, 0.717) is 0 Å². The smallest absolute Gasteiger partial charge is 0.0137 e. The SMILES string of the molecule is C=C(C)[C@@H]1CCCC2CCC(C)=C[C@@H]21.CC. The molecule has 0 spiro atoms. The van der Waals surface area contributed by atoms with Gasteiger partial charge in [0.1, 0.15) is 0 Å². The molecule has 1 fully saturated rings. The maximum Gasteiger partial charge on any atom is -0.0137 e. The van der Waals surface area contributed by atoms with Crippen LogP contribution in [-0.4, -0.2) is 0 Å². The highest BCUT2D eigenvalue weighted by Gasteiger charge is 2.33. The van der Waals surface area contributed by atoms with Crippen LogP contribution in [0.2, 0.25) is 0 Å². The minimum atomic E-state index is 0.781. The standard InChI is InChI=1S/C14H22.C2H6/c1-10(2)13-6-4-5-12-8-7-11(3)9-14(12)13;1-2/h9,12-14H,1,4-8H2,2-3H3;1-2H3/t12?,13-,14-;/m0./s1. The van der Waals surface area contributed by atoms with Crippen LogP contribution in [0.3, 0.4) is 0 Å². The molecule has 2 rings (SSSR count). The van der Waals surface area contributed by atoms with E-state index in [1.54, 1.807) is 5.57 Å². The average Bonchev–Trinajstić information content (AvgIpc) is 2.30. The van der Waals surface area contributed by atoms with E-state index in [1.807, 2.05) is 13.8 Å². The first-order valence-electron chi connectivity index (χ1n) is 7.01. The van der Waals surface area contributed by atoms with E-state index >= 15 is 0 Å². The van der Waals surface area contributed by atoms with Crippen molar-refractivity contribution in [1.82, 2.24) is 0 Å². The van der Waals surface area contributed by atoms with Gasteiger partial charge >= 0.3 is 0 Å². The quantitative estimate of drug-likeness (QED) is 0.522. The highest BCUT2D eigenvalue weighted by Crippen LogP contribution is 2.44. The Kier molecular flexibility index (Phi) is 5.31. The van der Waals surface area contributed by atoms with Gasteiger partial charge in [-0.2, -0.15) is 0 Å². The van der Waals surface area contributed by atoms with Gasteiger partial charge in [0.2, 0.25) is 0 Å². The fourth-order valence-corrected chi connectivity index (χ4v) is 3.30. The van der Waals surface area contributed by atoms with Gasteiger partial charge in [0.05, 0.1) is 0 Å². The molecule has 0 heterocycles. The Morgan fingerprint density at radius 3 is 2.56 bits per heavy atom. The zero-order valence-corrected chi connectivity index (χ0v) is 11.6. The zero-order valence-electron chi connectivity index (χ0n) is 11.6. The van der Waals surface area contributed by atoms with Gasteiger partial charge in [-0.25, -0.2) is 0 Å². The summed E-state index contributed by atoms with van der Waals surface area (Å²) in [6, 6.07) is 0. The molecule has 0 nitrogen and oxygen atoms in total. The number of fused-ring (bicyclic) bond motifs is 1. The molecule has 2 aliphatic carbocycles. The lowest BCUT2D eigenvalue weighted by Gasteiger charge is -2.40. The van der Waals surface area contributed by atoms with Crippen LogP contribution in [0.25, 0.3) is 0 Å². The fourth-order valence-electron chi connectivity index (χ4n) is 3.30. The van der Waals surface area contributed by atoms with Gasteiger partial charge in [-0.1, -0.05) is 44.1 Å². The first kappa shape index (κ1) is 13.5. The van der Waals surface area contributed by atoms with Crippen molar-refractivity contribution in [3.8, 4) is 0 Å². The molecule has 92 valence electrons. The number of hydrogen-bond donors (Lipinski definition) is 0. The van der Waals surface area contributed by atoms with E-state index in [4.69, 9.17) is 0 Å². The molecule has 0 saturated heterocycles. The fraction of sp³-hybridized carbons (Fsp3) is 0.750. The molecule has 0 N–H and O–H groups in total. The number of rotatable bonds is 1. The lowest BCUT2D eigenvalue weighted by atomic mass is 9.65. The summed E-state index contributed by atoms with van der Waals surface area (Å²) in [6.07, 6.45) is 9.57. The van der Waals surface area contributed by atoms with Gasteiger partial charge in [0, 0.05) is 0 Å². The molecule has 0 aromatic heterocycles. The Labute approximate surface area is 102 Å². The summed E-state index contributed by atoms with van der Waals surface area (Å²) in [6.45, 7) is 12.7. The van der Waals surface area contributed by atoms with E-state index in [-0.39, 0.29) is 0 Å². The second-order valence-corrected chi connectivity index (χ2v) is 5.27. The van der Waals surface area contributed by atoms with Crippen LogP contribution < -0.4 is 0 Å². The predicted molar refractivity (Wildman–Crippen MR) is 73.5 cm³/mol. The summed E-state index contributed by atoms with van der Waals surface area (Å²) in [5.41, 5.74) is 3.02. The Morgan fingerprint density at radius 1 is 1.25 bits per heavy atom. The van der Waals surface area contributed by atoms with Gasteiger partial charge in [0.15, 0.2) is 0 Å². The van der Waals surface area contributed by atoms with Crippen molar-refractivity contribution in [3.05, 3.63) is 23.8 Å². The molecule has 0 heteroatoms. The molecule has 0 amide bonds. The average molecular weight is 220 g/mol. The molecule has 1 unspecified atom stereocenters.